The average molecular weight is 495 g/mol. The summed E-state index contributed by atoms with van der Waals surface area (Å²) in [5.74, 6) is 0.137. The van der Waals surface area contributed by atoms with Crippen molar-refractivity contribution in [1.29, 1.82) is 0 Å². The predicted octanol–water partition coefficient (Wildman–Crippen LogP) is 4.61. The Kier molecular flexibility index (Phi) is 7.71. The summed E-state index contributed by atoms with van der Waals surface area (Å²) in [4.78, 5) is 12.7. The largest absolute Gasteiger partial charge is 0.299 e. The lowest BCUT2D eigenvalue weighted by Gasteiger charge is -2.24. The van der Waals surface area contributed by atoms with Crippen LogP contribution in [-0.4, -0.2) is 36.8 Å². The average Bonchev–Trinajstić information content (AvgIpc) is 3.18. The van der Waals surface area contributed by atoms with E-state index in [2.05, 4.69) is 22.1 Å². The molecule has 0 bridgehead atoms. The minimum absolute atomic E-state index is 0.0318. The van der Waals surface area contributed by atoms with Crippen LogP contribution in [0.25, 0.3) is 0 Å². The van der Waals surface area contributed by atoms with Gasteiger partial charge in [0.1, 0.15) is 6.54 Å². The van der Waals surface area contributed by atoms with Gasteiger partial charge in [-0.05, 0) is 43.3 Å². The molecule has 11 heteroatoms. The van der Waals surface area contributed by atoms with Gasteiger partial charge >= 0.3 is 0 Å². The number of sulfonamides is 1. The lowest BCUT2D eigenvalue weighted by Crippen LogP contribution is -2.38. The summed E-state index contributed by atoms with van der Waals surface area (Å²) in [6.07, 6.45) is 1.74. The maximum atomic E-state index is 13.3. The Labute approximate surface area is 194 Å². The first-order valence-corrected chi connectivity index (χ1v) is 12.6. The third-order valence-corrected chi connectivity index (χ3v) is 8.00. The van der Waals surface area contributed by atoms with Gasteiger partial charge in [0.15, 0.2) is 4.34 Å². The van der Waals surface area contributed by atoms with Crippen molar-refractivity contribution in [2.24, 2.45) is 0 Å². The second-order valence-corrected chi connectivity index (χ2v) is 10.9. The van der Waals surface area contributed by atoms with E-state index in [0.29, 0.717) is 25.9 Å². The highest BCUT2D eigenvalue weighted by atomic mass is 35.5. The topological polar surface area (TPSA) is 92.3 Å². The molecular formula is C20H19ClN4O3S3. The maximum Gasteiger partial charge on any atom is 0.264 e. The van der Waals surface area contributed by atoms with E-state index in [1.807, 2.05) is 6.92 Å². The van der Waals surface area contributed by atoms with Crippen molar-refractivity contribution in [2.45, 2.75) is 16.2 Å². The highest BCUT2D eigenvalue weighted by Gasteiger charge is 2.27. The molecule has 31 heavy (non-hydrogen) atoms. The maximum absolute atomic E-state index is 13.3. The van der Waals surface area contributed by atoms with Crippen molar-refractivity contribution in [3.8, 4) is 0 Å². The smallest absolute Gasteiger partial charge is 0.264 e. The molecule has 2 aromatic carbocycles. The summed E-state index contributed by atoms with van der Waals surface area (Å²) in [7, 11) is -4.01. The Morgan fingerprint density at radius 1 is 1.19 bits per heavy atom. The Hall–Kier alpha value is -2.40. The van der Waals surface area contributed by atoms with Gasteiger partial charge < -0.3 is 0 Å². The van der Waals surface area contributed by atoms with Crippen LogP contribution in [0.15, 0.2) is 70.4 Å². The quantitative estimate of drug-likeness (QED) is 0.265. The van der Waals surface area contributed by atoms with Gasteiger partial charge in [-0.25, -0.2) is 8.42 Å². The minimum Gasteiger partial charge on any atom is -0.299 e. The van der Waals surface area contributed by atoms with Crippen LogP contribution in [0.1, 0.15) is 5.56 Å². The van der Waals surface area contributed by atoms with Crippen molar-refractivity contribution >= 4 is 61.4 Å². The van der Waals surface area contributed by atoms with Gasteiger partial charge in [-0.15, -0.1) is 16.8 Å². The zero-order valence-corrected chi connectivity index (χ0v) is 19.7. The lowest BCUT2D eigenvalue weighted by atomic mass is 10.2. The van der Waals surface area contributed by atoms with E-state index >= 15 is 0 Å². The summed E-state index contributed by atoms with van der Waals surface area (Å²) in [6, 6.07) is 12.7. The highest BCUT2D eigenvalue weighted by molar-refractivity contribution is 8.01. The Morgan fingerprint density at radius 3 is 2.52 bits per heavy atom. The first kappa shape index (κ1) is 23.3. The van der Waals surface area contributed by atoms with Crippen LogP contribution in [0, 0.1) is 6.92 Å². The molecule has 0 aliphatic carbocycles. The number of aromatic nitrogens is 2. The number of anilines is 2. The van der Waals surface area contributed by atoms with Crippen molar-refractivity contribution in [3.05, 3.63) is 71.8 Å². The van der Waals surface area contributed by atoms with Crippen LogP contribution >= 0.6 is 34.7 Å². The molecule has 0 aliphatic rings. The monoisotopic (exact) mass is 494 g/mol. The van der Waals surface area contributed by atoms with Crippen LogP contribution in [-0.2, 0) is 14.8 Å². The van der Waals surface area contributed by atoms with Gasteiger partial charge in [0.25, 0.3) is 10.0 Å². The van der Waals surface area contributed by atoms with Crippen LogP contribution in [0.3, 0.4) is 0 Å². The normalized spacial score (nSPS) is 11.2. The number of hydrogen-bond donors (Lipinski definition) is 1. The number of nitrogens with zero attached hydrogens (tertiary/aromatic N) is 3. The molecule has 0 fully saturated rings. The molecule has 3 aromatic rings. The van der Waals surface area contributed by atoms with Gasteiger partial charge in [0.05, 0.1) is 10.6 Å². The third kappa shape index (κ3) is 6.07. The standard InChI is InChI=1S/C20H19ClN4O3S3/c1-3-12-29-20-24-23-19(30-20)22-18(26)13-25(16-8-4-14(2)5-9-16)31(27,28)17-10-6-15(21)7-11-17/h3-11H,1,12-13H2,2H3,(H,22,23,26). The van der Waals surface area contributed by atoms with Crippen LogP contribution in [0.5, 0.6) is 0 Å². The molecule has 162 valence electrons. The Bertz CT molecular complexity index is 1160. The van der Waals surface area contributed by atoms with Crippen molar-refractivity contribution in [1.82, 2.24) is 10.2 Å². The molecule has 1 aromatic heterocycles. The summed E-state index contributed by atoms with van der Waals surface area (Å²) in [6.45, 7) is 5.11. The molecule has 7 nitrogen and oxygen atoms in total. The molecule has 0 atom stereocenters. The number of rotatable bonds is 9. The molecule has 0 saturated carbocycles. The van der Waals surface area contributed by atoms with Crippen LogP contribution in [0.2, 0.25) is 5.02 Å². The van der Waals surface area contributed by atoms with Gasteiger partial charge in [-0.3, -0.25) is 14.4 Å². The van der Waals surface area contributed by atoms with Gasteiger partial charge in [0.2, 0.25) is 11.0 Å². The molecule has 1 N–H and O–H groups in total. The Balaban J connectivity index is 1.85. The van der Waals surface area contributed by atoms with E-state index in [0.717, 1.165) is 9.87 Å². The van der Waals surface area contributed by atoms with Crippen molar-refractivity contribution in [2.75, 3.05) is 21.9 Å². The number of amides is 1. The van der Waals surface area contributed by atoms with Crippen molar-refractivity contribution in [3.63, 3.8) is 0 Å². The fourth-order valence-electron chi connectivity index (χ4n) is 2.50. The molecule has 0 unspecified atom stereocenters. The number of benzene rings is 2. The SMILES string of the molecule is C=CCSc1nnc(NC(=O)CN(c2ccc(C)cc2)S(=O)(=O)c2ccc(Cl)cc2)s1. The molecular weight excluding hydrogens is 476 g/mol. The fraction of sp³-hybridized carbons (Fsp3) is 0.150. The first-order valence-electron chi connectivity index (χ1n) is 9.01. The lowest BCUT2D eigenvalue weighted by molar-refractivity contribution is -0.114. The second-order valence-electron chi connectivity index (χ2n) is 6.32. The number of thioether (sulfide) groups is 1. The van der Waals surface area contributed by atoms with E-state index < -0.39 is 22.5 Å². The molecule has 0 aliphatic heterocycles. The molecule has 0 saturated heterocycles. The Morgan fingerprint density at radius 2 is 1.87 bits per heavy atom. The van der Waals surface area contributed by atoms with Crippen LogP contribution < -0.4 is 9.62 Å². The van der Waals surface area contributed by atoms with Gasteiger partial charge in [0, 0.05) is 10.8 Å². The number of aryl methyl sites for hydroxylation is 1. The van der Waals surface area contributed by atoms with E-state index in [1.54, 1.807) is 30.3 Å². The summed E-state index contributed by atoms with van der Waals surface area (Å²) < 4.78 is 28.3. The summed E-state index contributed by atoms with van der Waals surface area (Å²) in [5, 5.41) is 11.2. The molecule has 3 rings (SSSR count). The van der Waals surface area contributed by atoms with E-state index in [-0.39, 0.29) is 4.90 Å². The summed E-state index contributed by atoms with van der Waals surface area (Å²) >= 11 is 8.54. The van der Waals surface area contributed by atoms with Crippen molar-refractivity contribution < 1.29 is 13.2 Å². The molecule has 0 radical (unpaired) electrons. The van der Waals surface area contributed by atoms with E-state index in [1.165, 1.54) is 47.4 Å². The van der Waals surface area contributed by atoms with Gasteiger partial charge in [-0.2, -0.15) is 0 Å². The number of hydrogen-bond acceptors (Lipinski definition) is 7. The number of halogens is 1. The third-order valence-electron chi connectivity index (χ3n) is 3.99. The zero-order valence-electron chi connectivity index (χ0n) is 16.5. The second kappa shape index (κ2) is 10.3. The predicted molar refractivity (Wildman–Crippen MR) is 127 cm³/mol. The number of nitrogens with one attached hydrogen (secondary N) is 1. The van der Waals surface area contributed by atoms with E-state index in [9.17, 15) is 13.2 Å². The molecule has 1 heterocycles. The van der Waals surface area contributed by atoms with Gasteiger partial charge in [-0.1, -0.05) is 58.5 Å². The minimum atomic E-state index is -4.01. The molecule has 0 spiro atoms. The number of carbonyl (C=O) groups is 1. The highest BCUT2D eigenvalue weighted by Crippen LogP contribution is 2.27. The first-order chi connectivity index (χ1) is 14.8. The van der Waals surface area contributed by atoms with E-state index in [4.69, 9.17) is 11.6 Å². The number of carbonyl (C=O) groups excluding carboxylic acids is 1. The zero-order chi connectivity index (χ0) is 22.4. The van der Waals surface area contributed by atoms with Crippen LogP contribution in [0.4, 0.5) is 10.8 Å². The fourth-order valence-corrected chi connectivity index (χ4v) is 5.57. The molecule has 1 amide bonds. The summed E-state index contributed by atoms with van der Waals surface area (Å²) in [5.41, 5.74) is 1.34.